The molecule has 0 radical (unpaired) electrons. The van der Waals surface area contributed by atoms with Gasteiger partial charge in [-0.3, -0.25) is 0 Å². The van der Waals surface area contributed by atoms with Crippen LogP contribution in [0.1, 0.15) is 25.5 Å². The van der Waals surface area contributed by atoms with Crippen molar-refractivity contribution in [3.63, 3.8) is 0 Å². The summed E-state index contributed by atoms with van der Waals surface area (Å²) in [4.78, 5) is 0. The topological polar surface area (TPSA) is 26.0 Å². The zero-order valence-corrected chi connectivity index (χ0v) is 9.58. The smallest absolute Gasteiger partial charge is 0.0318 e. The quantitative estimate of drug-likeness (QED) is 0.825. The number of nitrogens with two attached hydrogens (primary N) is 1. The fourth-order valence-electron chi connectivity index (χ4n) is 1.07. The average Bonchev–Trinajstić information content (AvgIpc) is 2.04. The molecule has 12 heavy (non-hydrogen) atoms. The highest BCUT2D eigenvalue weighted by Crippen LogP contribution is 2.19. The lowest BCUT2D eigenvalue weighted by Crippen LogP contribution is -2.16. The second-order valence-corrected chi connectivity index (χ2v) is 4.57. The molecular weight excluding hydrogens is 261 g/mol. The van der Waals surface area contributed by atoms with E-state index in [4.69, 9.17) is 5.73 Å². The Bertz CT molecular complexity index is 241. The lowest BCUT2D eigenvalue weighted by Gasteiger charge is -2.15. The summed E-state index contributed by atoms with van der Waals surface area (Å²) >= 11 is 2.30. The van der Waals surface area contributed by atoms with Crippen LogP contribution in [0.3, 0.4) is 0 Å². The number of benzene rings is 1. The largest absolute Gasteiger partial charge is 0.324 e. The first-order valence-corrected chi connectivity index (χ1v) is 5.20. The Morgan fingerprint density at radius 2 is 1.67 bits per heavy atom. The minimum Gasteiger partial charge on any atom is -0.324 e. The van der Waals surface area contributed by atoms with Crippen LogP contribution in [0.5, 0.6) is 0 Å². The molecule has 0 aliphatic carbocycles. The van der Waals surface area contributed by atoms with E-state index in [2.05, 4.69) is 60.7 Å². The zero-order chi connectivity index (χ0) is 9.14. The maximum atomic E-state index is 5.99. The molecule has 1 atom stereocenters. The number of halogens is 1. The summed E-state index contributed by atoms with van der Waals surface area (Å²) in [5.74, 6) is 0.505. The highest BCUT2D eigenvalue weighted by atomic mass is 127. The first-order valence-electron chi connectivity index (χ1n) is 4.12. The van der Waals surface area contributed by atoms with E-state index in [-0.39, 0.29) is 6.04 Å². The van der Waals surface area contributed by atoms with E-state index in [1.165, 1.54) is 9.13 Å². The van der Waals surface area contributed by atoms with Gasteiger partial charge in [0.25, 0.3) is 0 Å². The molecule has 0 saturated heterocycles. The van der Waals surface area contributed by atoms with Crippen molar-refractivity contribution in [2.24, 2.45) is 11.7 Å². The first-order chi connectivity index (χ1) is 5.61. The molecule has 2 heteroatoms. The normalized spacial score (nSPS) is 13.4. The van der Waals surface area contributed by atoms with Crippen molar-refractivity contribution in [1.82, 2.24) is 0 Å². The van der Waals surface area contributed by atoms with Crippen molar-refractivity contribution in [2.75, 3.05) is 0 Å². The van der Waals surface area contributed by atoms with Gasteiger partial charge in [0, 0.05) is 9.61 Å². The molecular formula is C10H14IN. The second-order valence-electron chi connectivity index (χ2n) is 3.32. The maximum Gasteiger partial charge on any atom is 0.0318 e. The Hall–Kier alpha value is -0.0900. The molecule has 0 fully saturated rings. The monoisotopic (exact) mass is 275 g/mol. The Morgan fingerprint density at radius 1 is 1.17 bits per heavy atom. The molecule has 0 unspecified atom stereocenters. The zero-order valence-electron chi connectivity index (χ0n) is 7.42. The summed E-state index contributed by atoms with van der Waals surface area (Å²) in [7, 11) is 0. The molecule has 1 aromatic carbocycles. The summed E-state index contributed by atoms with van der Waals surface area (Å²) in [5, 5.41) is 0. The Balaban J connectivity index is 2.82. The highest BCUT2D eigenvalue weighted by molar-refractivity contribution is 14.1. The molecule has 0 spiro atoms. The Kier molecular flexibility index (Phi) is 3.53. The van der Waals surface area contributed by atoms with E-state index in [1.54, 1.807) is 0 Å². The molecule has 66 valence electrons. The summed E-state index contributed by atoms with van der Waals surface area (Å²) < 4.78 is 1.26. The van der Waals surface area contributed by atoms with Crippen LogP contribution in [0.4, 0.5) is 0 Å². The van der Waals surface area contributed by atoms with E-state index in [1.807, 2.05) is 0 Å². The number of hydrogen-bond donors (Lipinski definition) is 1. The van der Waals surface area contributed by atoms with Gasteiger partial charge in [0.1, 0.15) is 0 Å². The van der Waals surface area contributed by atoms with E-state index in [0.29, 0.717) is 5.92 Å². The molecule has 2 N–H and O–H groups in total. The van der Waals surface area contributed by atoms with Gasteiger partial charge >= 0.3 is 0 Å². The van der Waals surface area contributed by atoms with Crippen molar-refractivity contribution < 1.29 is 0 Å². The van der Waals surface area contributed by atoms with Crippen LogP contribution in [-0.2, 0) is 0 Å². The molecule has 0 amide bonds. The van der Waals surface area contributed by atoms with Crippen LogP contribution in [0.15, 0.2) is 24.3 Å². The van der Waals surface area contributed by atoms with Crippen molar-refractivity contribution in [3.05, 3.63) is 33.4 Å². The molecule has 0 aliphatic rings. The van der Waals surface area contributed by atoms with Crippen LogP contribution in [-0.4, -0.2) is 0 Å². The Morgan fingerprint density at radius 3 is 2.08 bits per heavy atom. The molecule has 1 aromatic rings. The Labute approximate surface area is 87.5 Å². The minimum absolute atomic E-state index is 0.169. The predicted octanol–water partition coefficient (Wildman–Crippen LogP) is 2.95. The van der Waals surface area contributed by atoms with Gasteiger partial charge in [-0.1, -0.05) is 26.0 Å². The van der Waals surface area contributed by atoms with E-state index < -0.39 is 0 Å². The van der Waals surface area contributed by atoms with Crippen molar-refractivity contribution in [2.45, 2.75) is 19.9 Å². The second kappa shape index (κ2) is 4.23. The van der Waals surface area contributed by atoms with Crippen LogP contribution in [0.25, 0.3) is 0 Å². The van der Waals surface area contributed by atoms with Crippen LogP contribution in [0, 0.1) is 9.49 Å². The standard InChI is InChI=1S/C10H14IN/c1-7(2)10(12)8-3-5-9(11)6-4-8/h3-7,10H,12H2,1-2H3/t10-/m1/s1. The third-order valence-electron chi connectivity index (χ3n) is 1.97. The van der Waals surface area contributed by atoms with Gasteiger partial charge in [0.05, 0.1) is 0 Å². The molecule has 1 nitrogen and oxygen atoms in total. The molecule has 0 heterocycles. The maximum absolute atomic E-state index is 5.99. The molecule has 0 aromatic heterocycles. The SMILES string of the molecule is CC(C)[C@@H](N)c1ccc(I)cc1. The van der Waals surface area contributed by atoms with Gasteiger partial charge in [0.2, 0.25) is 0 Å². The fraction of sp³-hybridized carbons (Fsp3) is 0.400. The van der Waals surface area contributed by atoms with Crippen molar-refractivity contribution in [3.8, 4) is 0 Å². The average molecular weight is 275 g/mol. The molecule has 0 saturated carbocycles. The lowest BCUT2D eigenvalue weighted by atomic mass is 9.97. The highest BCUT2D eigenvalue weighted by Gasteiger charge is 2.08. The molecule has 0 bridgehead atoms. The fourth-order valence-corrected chi connectivity index (χ4v) is 1.43. The summed E-state index contributed by atoms with van der Waals surface area (Å²) in [6.07, 6.45) is 0. The van der Waals surface area contributed by atoms with Crippen LogP contribution in [0.2, 0.25) is 0 Å². The van der Waals surface area contributed by atoms with Gasteiger partial charge in [-0.2, -0.15) is 0 Å². The molecule has 0 aliphatic heterocycles. The third-order valence-corrected chi connectivity index (χ3v) is 2.69. The van der Waals surface area contributed by atoms with E-state index in [0.717, 1.165) is 0 Å². The van der Waals surface area contributed by atoms with Crippen molar-refractivity contribution >= 4 is 22.6 Å². The van der Waals surface area contributed by atoms with E-state index in [9.17, 15) is 0 Å². The van der Waals surface area contributed by atoms with Gasteiger partial charge in [0.15, 0.2) is 0 Å². The van der Waals surface area contributed by atoms with Crippen molar-refractivity contribution in [1.29, 1.82) is 0 Å². The first kappa shape index (κ1) is 9.99. The minimum atomic E-state index is 0.169. The van der Waals surface area contributed by atoms with Crippen LogP contribution >= 0.6 is 22.6 Å². The summed E-state index contributed by atoms with van der Waals surface area (Å²) in [6.45, 7) is 4.28. The van der Waals surface area contributed by atoms with Gasteiger partial charge in [-0.25, -0.2) is 0 Å². The van der Waals surface area contributed by atoms with Gasteiger partial charge < -0.3 is 5.73 Å². The van der Waals surface area contributed by atoms with Gasteiger partial charge in [-0.05, 0) is 46.2 Å². The van der Waals surface area contributed by atoms with Crippen LogP contribution < -0.4 is 5.73 Å². The number of hydrogen-bond acceptors (Lipinski definition) is 1. The summed E-state index contributed by atoms with van der Waals surface area (Å²) in [5.41, 5.74) is 7.21. The van der Waals surface area contributed by atoms with Gasteiger partial charge in [-0.15, -0.1) is 0 Å². The number of rotatable bonds is 2. The summed E-state index contributed by atoms with van der Waals surface area (Å²) in [6, 6.07) is 8.57. The predicted molar refractivity (Wildman–Crippen MR) is 60.9 cm³/mol. The molecule has 1 rings (SSSR count). The van der Waals surface area contributed by atoms with E-state index >= 15 is 0 Å². The third kappa shape index (κ3) is 2.45. The lowest BCUT2D eigenvalue weighted by molar-refractivity contribution is 0.514.